The molecule has 0 saturated heterocycles. The molecule has 0 N–H and O–H groups in total. The number of hydrogen-bond donors (Lipinski definition) is 0. The van der Waals surface area contributed by atoms with Gasteiger partial charge in [0.2, 0.25) is 0 Å². The summed E-state index contributed by atoms with van der Waals surface area (Å²) in [7, 11) is 0. The van der Waals surface area contributed by atoms with Crippen molar-refractivity contribution in [2.75, 3.05) is 0 Å². The van der Waals surface area contributed by atoms with Crippen molar-refractivity contribution < 1.29 is 46.1 Å². The third-order valence-electron chi connectivity index (χ3n) is 10.8. The van der Waals surface area contributed by atoms with Crippen LogP contribution in [0.1, 0.15) is 138 Å². The molecule has 6 rings (SSSR count). The first-order chi connectivity index (χ1) is 23.3. The van der Waals surface area contributed by atoms with Crippen molar-refractivity contribution in [2.24, 2.45) is 0 Å². The second-order valence-electron chi connectivity index (χ2n) is 19.1. The molecule has 0 spiro atoms. The zero-order valence-electron chi connectivity index (χ0n) is 33.8. The average Bonchev–Trinajstić information content (AvgIpc) is 3.66. The van der Waals surface area contributed by atoms with Crippen LogP contribution >= 0.6 is 0 Å². The van der Waals surface area contributed by atoms with Crippen LogP contribution in [0, 0.1) is 0 Å². The van der Waals surface area contributed by atoms with Gasteiger partial charge in [0.25, 0.3) is 0 Å². The van der Waals surface area contributed by atoms with Gasteiger partial charge in [-0.2, -0.15) is 0 Å². The third-order valence-corrected chi connectivity index (χ3v) is 19.1. The van der Waals surface area contributed by atoms with Crippen LogP contribution in [-0.4, -0.2) is 3.21 Å². The molecule has 52 heavy (non-hydrogen) atoms. The Morgan fingerprint density at radius 2 is 0.904 bits per heavy atom. The van der Waals surface area contributed by atoms with E-state index in [9.17, 15) is 0 Å². The third kappa shape index (κ3) is 8.80. The Morgan fingerprint density at radius 3 is 1.23 bits per heavy atom. The fraction of sp³-hybridized carbons (Fsp3) is 0.408. The first kappa shape index (κ1) is 42.4. The van der Waals surface area contributed by atoms with Crippen LogP contribution in [0.5, 0.6) is 0 Å². The van der Waals surface area contributed by atoms with Gasteiger partial charge in [0.05, 0.1) is 0 Å². The Labute approximate surface area is 336 Å². The molecular formula is C49H60Cl2Zr. The minimum Gasteiger partial charge on any atom is -1.00 e. The number of halogens is 2. The van der Waals surface area contributed by atoms with Gasteiger partial charge in [-0.25, -0.2) is 0 Å². The Bertz CT molecular complexity index is 1860. The molecule has 0 radical (unpaired) electrons. The maximum absolute atomic E-state index is 2.71. The first-order valence-electron chi connectivity index (χ1n) is 18.9. The number of rotatable bonds is 6. The minimum atomic E-state index is -2.68. The van der Waals surface area contributed by atoms with Gasteiger partial charge in [0.15, 0.2) is 0 Å². The van der Waals surface area contributed by atoms with Gasteiger partial charge in [-0.3, -0.25) is 0 Å². The molecule has 0 bridgehead atoms. The van der Waals surface area contributed by atoms with Crippen LogP contribution in [0.3, 0.4) is 0 Å². The minimum absolute atomic E-state index is 0. The molecule has 4 aromatic carbocycles. The van der Waals surface area contributed by atoms with Crippen LogP contribution in [0.25, 0.3) is 11.1 Å². The summed E-state index contributed by atoms with van der Waals surface area (Å²) in [6, 6.07) is 33.3. The molecule has 4 aromatic rings. The van der Waals surface area contributed by atoms with E-state index >= 15 is 0 Å². The van der Waals surface area contributed by atoms with Crippen LogP contribution < -0.4 is 24.8 Å². The van der Waals surface area contributed by atoms with Crippen molar-refractivity contribution in [3.05, 3.63) is 151 Å². The largest absolute Gasteiger partial charge is 1.00 e. The van der Waals surface area contributed by atoms with Crippen molar-refractivity contribution in [1.29, 1.82) is 0 Å². The van der Waals surface area contributed by atoms with Gasteiger partial charge in [-0.05, 0) is 0 Å². The van der Waals surface area contributed by atoms with E-state index in [0.717, 1.165) is 19.3 Å². The van der Waals surface area contributed by atoms with Gasteiger partial charge in [-0.1, -0.05) is 0 Å². The molecule has 0 aliphatic heterocycles. The second-order valence-corrected chi connectivity index (χ2v) is 25.8. The van der Waals surface area contributed by atoms with E-state index in [4.69, 9.17) is 0 Å². The smallest absolute Gasteiger partial charge is 1.00 e. The van der Waals surface area contributed by atoms with E-state index in [-0.39, 0.29) is 46.5 Å². The molecule has 2 aliphatic carbocycles. The molecule has 0 fully saturated rings. The molecule has 274 valence electrons. The van der Waals surface area contributed by atoms with Crippen molar-refractivity contribution >= 4 is 3.21 Å². The number of allylic oxidation sites excluding steroid dienone is 4. The molecule has 2 aliphatic rings. The maximum atomic E-state index is 2.71. The van der Waals surface area contributed by atoms with Gasteiger partial charge in [-0.15, -0.1) is 0 Å². The molecule has 0 aromatic heterocycles. The number of fused-ring (bicyclic) bond motifs is 3. The average molecular weight is 811 g/mol. The fourth-order valence-electron chi connectivity index (χ4n) is 8.34. The van der Waals surface area contributed by atoms with E-state index in [2.05, 4.69) is 186 Å². The zero-order valence-corrected chi connectivity index (χ0v) is 37.7. The number of benzene rings is 4. The topological polar surface area (TPSA) is 0 Å². The Kier molecular flexibility index (Phi) is 12.9. The van der Waals surface area contributed by atoms with Crippen molar-refractivity contribution in [3.63, 3.8) is 0 Å². The van der Waals surface area contributed by atoms with Crippen molar-refractivity contribution in [1.82, 2.24) is 0 Å². The molecular weight excluding hydrogens is 751 g/mol. The quantitative estimate of drug-likeness (QED) is 0.196. The van der Waals surface area contributed by atoms with E-state index < -0.39 is 21.3 Å². The Hall–Kier alpha value is -2.31. The van der Waals surface area contributed by atoms with Gasteiger partial charge in [0.1, 0.15) is 0 Å². The van der Waals surface area contributed by atoms with Crippen LogP contribution in [0.4, 0.5) is 0 Å². The normalized spacial score (nSPS) is 14.1. The Morgan fingerprint density at radius 1 is 0.538 bits per heavy atom. The van der Waals surface area contributed by atoms with Crippen molar-refractivity contribution in [2.45, 2.75) is 128 Å². The first-order valence-corrected chi connectivity index (χ1v) is 22.8. The summed E-state index contributed by atoms with van der Waals surface area (Å²) in [6.07, 6.45) is 10.5. The molecule has 3 heteroatoms. The van der Waals surface area contributed by atoms with Gasteiger partial charge < -0.3 is 24.8 Å². The second kappa shape index (κ2) is 15.8. The zero-order chi connectivity index (χ0) is 36.2. The summed E-state index contributed by atoms with van der Waals surface area (Å²) in [5.74, 6) is 0. The Balaban J connectivity index is 0.00000302. The molecule has 0 heterocycles. The van der Waals surface area contributed by atoms with Gasteiger partial charge >= 0.3 is 314 Å². The molecule has 0 amide bonds. The predicted octanol–water partition coefficient (Wildman–Crippen LogP) is 7.07. The molecule has 0 nitrogen and oxygen atoms in total. The fourth-order valence-corrected chi connectivity index (χ4v) is 17.5. The van der Waals surface area contributed by atoms with Crippen LogP contribution in [-0.2, 0) is 55.8 Å². The summed E-state index contributed by atoms with van der Waals surface area (Å²) in [4.78, 5) is 0. The van der Waals surface area contributed by atoms with E-state index in [1.807, 2.05) is 0 Å². The summed E-state index contributed by atoms with van der Waals surface area (Å²) < 4.78 is 3.98. The van der Waals surface area contributed by atoms with Crippen LogP contribution in [0.15, 0.2) is 106 Å². The summed E-state index contributed by atoms with van der Waals surface area (Å²) in [5, 5.41) is 0. The van der Waals surface area contributed by atoms with Gasteiger partial charge in [0, 0.05) is 0 Å². The summed E-state index contributed by atoms with van der Waals surface area (Å²) in [6.45, 7) is 28.9. The van der Waals surface area contributed by atoms with Crippen LogP contribution in [0.2, 0.25) is 0 Å². The van der Waals surface area contributed by atoms with E-state index in [1.54, 1.807) is 17.6 Å². The van der Waals surface area contributed by atoms with E-state index in [1.165, 1.54) is 44.5 Å². The van der Waals surface area contributed by atoms with E-state index in [0.29, 0.717) is 3.63 Å². The molecule has 0 atom stereocenters. The standard InChI is InChI=1S/C29H41.C15H14.C5H5.2ClH.Zr/c1-26(2,3)22-14-18-13-19-15-23(27(4,5)6)25(29(10,11)12)17-21(19)20(18)16-24(22)28(7,8)9;1-3-8-14(9-4-1)12-7-13-15-10-5-2-6-11-15;1-2-4-5-3-1;;;/h13-17H,1-12H3;1-6,8-11H,12-13H2;1-3H,4H2;2*1H;/q;;;;;+2/p-2. The summed E-state index contributed by atoms with van der Waals surface area (Å²) >= 11 is -2.68. The molecule has 0 saturated carbocycles. The predicted molar refractivity (Wildman–Crippen MR) is 216 cm³/mol. The number of hydrogen-bond acceptors (Lipinski definition) is 0. The maximum Gasteiger partial charge on any atom is -1.00 e. The molecule has 0 unspecified atom stereocenters. The SMILES string of the molecule is CC(C)(C)c1cc2c(cc1C(C)(C)C)[CH]([Zr+2]([C]1=CC=CC1)=[C](Cc1ccccc1)Cc1ccccc1)c1cc(C(C)(C)C)c(C(C)(C)C)cc1-2.[Cl-].[Cl-]. The summed E-state index contributed by atoms with van der Waals surface area (Å²) in [5.41, 5.74) is 15.3. The monoisotopic (exact) mass is 808 g/mol. The van der Waals surface area contributed by atoms with Crippen molar-refractivity contribution in [3.8, 4) is 11.1 Å².